The first-order chi connectivity index (χ1) is 49.8. The first-order valence-electron chi connectivity index (χ1n) is 34.1. The Hall–Kier alpha value is -7.55. The lowest BCUT2D eigenvalue weighted by molar-refractivity contribution is -0.387. The molecule has 35 heteroatoms. The van der Waals surface area contributed by atoms with E-state index in [2.05, 4.69) is 69.9 Å². The smallest absolute Gasteiger partial charge is 0.416 e. The number of nitrogens with zero attached hydrogens (tertiary/aromatic N) is 7. The zero-order chi connectivity index (χ0) is 80.1. The third kappa shape index (κ3) is 34.3. The van der Waals surface area contributed by atoms with Gasteiger partial charge in [-0.05, 0) is 209 Å². The highest BCUT2D eigenvalue weighted by molar-refractivity contribution is 6.67. The molecule has 0 saturated carbocycles. The fourth-order valence-corrected chi connectivity index (χ4v) is 11.4. The number of aromatic amines is 1. The summed E-state index contributed by atoms with van der Waals surface area (Å²) in [5.41, 5.74) is 3.25. The molecule has 4 saturated heterocycles. The average Bonchev–Trinajstić information content (AvgIpc) is 0.804. The Balaban J connectivity index is 0.000000643. The number of hydrogen-bond acceptors (Lipinski definition) is 14. The highest BCUT2D eigenvalue weighted by Crippen LogP contribution is 2.41. The number of halogens is 17. The monoisotopic (exact) mass is 1610 g/mol. The lowest BCUT2D eigenvalue weighted by Gasteiger charge is -2.36. The highest BCUT2D eigenvalue weighted by Gasteiger charge is 2.37. The number of nitro groups is 2. The van der Waals surface area contributed by atoms with E-state index in [1.807, 2.05) is 18.7 Å². The molecule has 2 aromatic heterocycles. The number of aliphatic hydroxyl groups is 1. The van der Waals surface area contributed by atoms with E-state index in [0.29, 0.717) is 47.6 Å². The van der Waals surface area contributed by atoms with Gasteiger partial charge in [0.25, 0.3) is 16.8 Å². The molecule has 4 aromatic carbocycles. The molecule has 0 spiro atoms. The van der Waals surface area contributed by atoms with E-state index in [1.54, 1.807) is 24.5 Å². The first kappa shape index (κ1) is 97.5. The molecule has 6 N–H and O–H groups in total. The van der Waals surface area contributed by atoms with Gasteiger partial charge in [-0.25, -0.2) is 4.98 Å². The number of pyridine rings is 2. The van der Waals surface area contributed by atoms with E-state index < -0.39 is 85.1 Å². The molecule has 4 aliphatic rings. The molecule has 0 bridgehead atoms. The normalized spacial score (nSPS) is 16.9. The van der Waals surface area contributed by atoms with Crippen LogP contribution in [0.15, 0.2) is 122 Å². The molecule has 10 rings (SSSR count). The van der Waals surface area contributed by atoms with Gasteiger partial charge in [0.15, 0.2) is 12.4 Å². The third-order valence-corrected chi connectivity index (χ3v) is 17.2. The van der Waals surface area contributed by atoms with Crippen molar-refractivity contribution in [1.82, 2.24) is 15.2 Å². The molecule has 107 heavy (non-hydrogen) atoms. The van der Waals surface area contributed by atoms with Gasteiger partial charge in [-0.2, -0.15) is 57.1 Å². The Morgan fingerprint density at radius 3 is 1.32 bits per heavy atom. The minimum atomic E-state index is -4.71. The summed E-state index contributed by atoms with van der Waals surface area (Å²) in [5, 5.41) is 34.0. The summed E-state index contributed by atoms with van der Waals surface area (Å²) in [6.07, 6.45) is 1.46. The maximum Gasteiger partial charge on any atom is 0.416 e. The standard InChI is InChI=1S/C19H20F3N3O.C13H15F3N2O2.C13H17F3N2.C7H3F4NO2.C6H4ClNO.C6H13N.C6H15N.CH2Cl2.CH4O.ClH/c1-13-4-2-3-11-25(13)17-6-5-15(19(20,21)22)12-16(17)24-18(26)14-7-9-23-10-8-14;1-9-4-2-3-7-17(9)11-6-5-10(13(14,15)16)8-12(11)18(19)20;1-9-4-2-3-7-18(9)12-6-5-10(8-11(12)17)13(14,15)16;8-5-2-1-4(7(9,10)11)3-6(5)12(13)14;7-6(9)5-1-3-8-4-2-5;1-6-4-2-3-5-7-6;1-4-7(5-2)6-3;2-1-3;1-2;/h5-10,12-13H,2-4,11H2,1H3,(H,24,26);5-6,8-9H,2-4,7H2,1H3;5-6,8-9H,2-4,7,17H2,1H3;1-3H;1-4H;6-7H,2-5H2,1H3;4-6H2,1-3H3;1H2;2H,1H3;1H/t13-;2*9-;;;6-;;;;/m000..0..../s1. The van der Waals surface area contributed by atoms with Gasteiger partial charge >= 0.3 is 30.4 Å². The van der Waals surface area contributed by atoms with Crippen molar-refractivity contribution < 1.29 is 99.0 Å². The fraction of sp³-hybridized carbons (Fsp3) is 0.500. The van der Waals surface area contributed by atoms with E-state index in [0.717, 1.165) is 120 Å². The van der Waals surface area contributed by atoms with Crippen LogP contribution in [0.2, 0.25) is 0 Å². The number of alkyl halides is 14. The molecule has 4 aliphatic heterocycles. The van der Waals surface area contributed by atoms with Crippen molar-refractivity contribution >= 4 is 85.8 Å². The molecule has 1 amide bonds. The topological polar surface area (TPSA) is 231 Å². The van der Waals surface area contributed by atoms with Crippen molar-refractivity contribution in [3.63, 3.8) is 0 Å². The Kier molecular flexibility index (Phi) is 44.4. The minimum absolute atomic E-state index is 0. The van der Waals surface area contributed by atoms with Crippen LogP contribution in [0.1, 0.15) is 168 Å². The number of benzene rings is 4. The molecular formula is C72H94Cl4F13N11O7. The number of aromatic nitrogens is 2. The molecular weight excluding hydrogens is 1520 g/mol. The number of aliphatic hydroxyl groups excluding tert-OH is 1. The summed E-state index contributed by atoms with van der Waals surface area (Å²) in [6, 6.07) is 18.6. The lowest BCUT2D eigenvalue weighted by Crippen LogP contribution is -3.00. The number of H-pyrrole nitrogens is 1. The van der Waals surface area contributed by atoms with Crippen molar-refractivity contribution in [3.8, 4) is 0 Å². The van der Waals surface area contributed by atoms with Crippen LogP contribution < -0.4 is 48.5 Å². The third-order valence-electron chi connectivity index (χ3n) is 17.0. The lowest BCUT2D eigenvalue weighted by atomic mass is 10.0. The number of piperidine rings is 4. The van der Waals surface area contributed by atoms with Gasteiger partial charge in [0.2, 0.25) is 5.82 Å². The predicted octanol–water partition coefficient (Wildman–Crippen LogP) is 16.6. The van der Waals surface area contributed by atoms with Crippen LogP contribution in [0.25, 0.3) is 0 Å². The van der Waals surface area contributed by atoms with Crippen LogP contribution in [-0.4, -0.2) is 118 Å². The quantitative estimate of drug-likeness (QED) is 0.0236. The Bertz CT molecular complexity index is 3580. The second-order valence-corrected chi connectivity index (χ2v) is 25.5. The molecule has 0 radical (unpaired) electrons. The zero-order valence-corrected chi connectivity index (χ0v) is 63.6. The van der Waals surface area contributed by atoms with E-state index in [-0.39, 0.29) is 53.0 Å². The van der Waals surface area contributed by atoms with Crippen LogP contribution in [0.4, 0.5) is 96.9 Å². The zero-order valence-electron chi connectivity index (χ0n) is 60.5. The number of hydrogen-bond donors (Lipinski definition) is 4. The van der Waals surface area contributed by atoms with Gasteiger partial charge in [-0.15, -0.1) is 23.2 Å². The van der Waals surface area contributed by atoms with Crippen molar-refractivity contribution in [1.29, 1.82) is 0 Å². The van der Waals surface area contributed by atoms with Gasteiger partial charge in [-0.3, -0.25) is 34.8 Å². The number of nitro benzene ring substituents is 2. The van der Waals surface area contributed by atoms with E-state index in [9.17, 15) is 86.9 Å². The first-order valence-corrected chi connectivity index (χ1v) is 35.5. The maximum absolute atomic E-state index is 13.1. The molecule has 4 atom stereocenters. The van der Waals surface area contributed by atoms with Crippen molar-refractivity contribution in [2.75, 3.05) is 84.0 Å². The Morgan fingerprint density at radius 2 is 0.963 bits per heavy atom. The second kappa shape index (κ2) is 48.8. The van der Waals surface area contributed by atoms with Gasteiger partial charge < -0.3 is 53.5 Å². The summed E-state index contributed by atoms with van der Waals surface area (Å²) in [4.78, 5) is 57.0. The molecule has 6 heterocycles. The summed E-state index contributed by atoms with van der Waals surface area (Å²) >= 11 is 14.7. The van der Waals surface area contributed by atoms with Crippen molar-refractivity contribution in [3.05, 3.63) is 181 Å². The Labute approximate surface area is 636 Å². The largest absolute Gasteiger partial charge is 1.00 e. The summed E-state index contributed by atoms with van der Waals surface area (Å²) < 4.78 is 164. The fourth-order valence-electron chi connectivity index (χ4n) is 11.3. The van der Waals surface area contributed by atoms with Gasteiger partial charge in [-0.1, -0.05) is 27.2 Å². The molecule has 0 unspecified atom stereocenters. The highest BCUT2D eigenvalue weighted by atomic mass is 35.5. The second-order valence-electron chi connectivity index (χ2n) is 24.3. The number of carbonyl (C=O) groups excluding carboxylic acids is 2. The summed E-state index contributed by atoms with van der Waals surface area (Å²) in [7, 11) is 1.00. The van der Waals surface area contributed by atoms with Crippen LogP contribution in [0.5, 0.6) is 0 Å². The van der Waals surface area contributed by atoms with Crippen molar-refractivity contribution in [2.45, 2.75) is 174 Å². The SMILES string of the molecule is CCN(CC)CC.CO.C[C@H]1CCCCN1.C[C@H]1CCCCN1c1ccc(C(F)(F)F)cc1N.C[C@H]1CCCCN1c1ccc(C(F)(F)F)cc1NC(=O)c1ccncc1.C[C@H]1CCCCN1c1ccc(C(F)(F)F)cc1[N+](=O)[O-].ClCCl.O=C(Cl)c1cc[nH+]cc1.O=[N+]([O-])c1cc(C(F)(F)F)ccc1F.[Cl-]. The van der Waals surface area contributed by atoms with Crippen LogP contribution >= 0.6 is 34.8 Å². The molecule has 18 nitrogen and oxygen atoms in total. The van der Waals surface area contributed by atoms with Crippen molar-refractivity contribution in [2.24, 2.45) is 0 Å². The Morgan fingerprint density at radius 1 is 0.579 bits per heavy atom. The van der Waals surface area contributed by atoms with Crippen LogP contribution in [0.3, 0.4) is 0 Å². The number of carbonyl (C=O) groups is 2. The molecule has 0 aliphatic carbocycles. The predicted molar refractivity (Wildman–Crippen MR) is 390 cm³/mol. The molecule has 6 aromatic rings. The summed E-state index contributed by atoms with van der Waals surface area (Å²) in [5.74, 6) is -1.75. The number of amides is 1. The number of nitrogens with one attached hydrogen (secondary N) is 3. The molecule has 4 fully saturated rings. The minimum Gasteiger partial charge on any atom is -1.00 e. The number of anilines is 5. The van der Waals surface area contributed by atoms with Gasteiger partial charge in [0, 0.05) is 98.7 Å². The van der Waals surface area contributed by atoms with Gasteiger partial charge in [0.05, 0.1) is 60.2 Å². The van der Waals surface area contributed by atoms with Crippen LogP contribution in [0, 0.1) is 26.0 Å². The van der Waals surface area contributed by atoms with Gasteiger partial charge in [0.1, 0.15) is 5.69 Å². The number of rotatable bonds is 11. The van der Waals surface area contributed by atoms with E-state index in [4.69, 9.17) is 45.6 Å². The average molecular weight is 1610 g/mol. The summed E-state index contributed by atoms with van der Waals surface area (Å²) in [6.45, 7) is 21.9. The van der Waals surface area contributed by atoms with E-state index in [1.165, 1.54) is 88.2 Å². The number of nitrogen functional groups attached to an aromatic ring is 1. The number of nitrogens with two attached hydrogens (primary N) is 1. The van der Waals surface area contributed by atoms with Crippen LogP contribution in [-0.2, 0) is 24.7 Å². The maximum atomic E-state index is 13.1. The molecule has 598 valence electrons. The van der Waals surface area contributed by atoms with E-state index >= 15 is 0 Å².